The van der Waals surface area contributed by atoms with Crippen molar-refractivity contribution < 1.29 is 0 Å². The number of nitrogens with zero attached hydrogens (tertiary/aromatic N) is 3. The van der Waals surface area contributed by atoms with Crippen molar-refractivity contribution in [2.75, 3.05) is 31.1 Å². The van der Waals surface area contributed by atoms with Crippen LogP contribution >= 0.6 is 23.2 Å². The Morgan fingerprint density at radius 2 is 1.96 bits per heavy atom. The Balaban J connectivity index is 1.51. The van der Waals surface area contributed by atoms with Crippen molar-refractivity contribution in [1.29, 1.82) is 0 Å². The van der Waals surface area contributed by atoms with Gasteiger partial charge in [-0.1, -0.05) is 23.2 Å². The number of pyridine rings is 1. The van der Waals surface area contributed by atoms with E-state index in [2.05, 4.69) is 21.7 Å². The molecule has 0 amide bonds. The lowest BCUT2D eigenvalue weighted by Crippen LogP contribution is -2.52. The molecule has 1 atom stereocenters. The van der Waals surface area contributed by atoms with Crippen LogP contribution in [0.15, 0.2) is 12.3 Å². The van der Waals surface area contributed by atoms with Crippen molar-refractivity contribution in [1.82, 2.24) is 9.88 Å². The van der Waals surface area contributed by atoms with Crippen molar-refractivity contribution in [2.24, 2.45) is 11.7 Å². The summed E-state index contributed by atoms with van der Waals surface area (Å²) in [6, 6.07) is 2.84. The number of rotatable bonds is 4. The van der Waals surface area contributed by atoms with Crippen LogP contribution in [0.1, 0.15) is 39.0 Å². The largest absolute Gasteiger partial charge is 0.365 e. The fourth-order valence-corrected chi connectivity index (χ4v) is 4.44. The quantitative estimate of drug-likeness (QED) is 0.818. The third kappa shape index (κ3) is 4.34. The first kappa shape index (κ1) is 18.2. The highest BCUT2D eigenvalue weighted by atomic mass is 35.5. The summed E-state index contributed by atoms with van der Waals surface area (Å²) in [7, 11) is 0. The summed E-state index contributed by atoms with van der Waals surface area (Å²) < 4.78 is 0. The van der Waals surface area contributed by atoms with Crippen molar-refractivity contribution >= 4 is 28.9 Å². The Morgan fingerprint density at radius 1 is 1.21 bits per heavy atom. The van der Waals surface area contributed by atoms with Crippen LogP contribution < -0.4 is 10.6 Å². The van der Waals surface area contributed by atoms with Gasteiger partial charge in [-0.15, -0.1) is 0 Å². The van der Waals surface area contributed by atoms with Gasteiger partial charge in [0.05, 0.1) is 5.69 Å². The number of anilines is 1. The molecule has 1 aromatic rings. The lowest BCUT2D eigenvalue weighted by atomic mass is 9.84. The minimum absolute atomic E-state index is 0.388. The molecule has 2 N–H and O–H groups in total. The Bertz CT molecular complexity index is 546. The van der Waals surface area contributed by atoms with Gasteiger partial charge in [0.15, 0.2) is 0 Å². The Hall–Kier alpha value is -0.550. The van der Waals surface area contributed by atoms with E-state index in [-0.39, 0.29) is 0 Å². The van der Waals surface area contributed by atoms with E-state index >= 15 is 0 Å². The molecular formula is C18H28Cl2N4. The van der Waals surface area contributed by atoms with Crippen LogP contribution in [-0.4, -0.2) is 48.1 Å². The van der Waals surface area contributed by atoms with Crippen LogP contribution in [-0.2, 0) is 0 Å². The maximum absolute atomic E-state index is 6.34. The molecule has 0 unspecified atom stereocenters. The molecule has 3 rings (SSSR count). The van der Waals surface area contributed by atoms with Gasteiger partial charge in [-0.2, -0.15) is 0 Å². The maximum atomic E-state index is 6.34. The van der Waals surface area contributed by atoms with Crippen molar-refractivity contribution in [3.8, 4) is 0 Å². The van der Waals surface area contributed by atoms with Crippen LogP contribution in [0.4, 0.5) is 5.69 Å². The summed E-state index contributed by atoms with van der Waals surface area (Å²) >= 11 is 12.4. The molecule has 2 aliphatic rings. The van der Waals surface area contributed by atoms with Gasteiger partial charge < -0.3 is 10.6 Å². The zero-order valence-electron chi connectivity index (χ0n) is 14.4. The highest BCUT2D eigenvalue weighted by molar-refractivity contribution is 6.42. The van der Waals surface area contributed by atoms with Gasteiger partial charge >= 0.3 is 0 Å². The lowest BCUT2D eigenvalue weighted by Gasteiger charge is -2.42. The van der Waals surface area contributed by atoms with Gasteiger partial charge in [-0.05, 0) is 57.6 Å². The minimum atomic E-state index is 0.388. The average Bonchev–Trinajstić information content (AvgIpc) is 2.57. The second-order valence-corrected chi connectivity index (χ2v) is 8.08. The average molecular weight is 371 g/mol. The smallest absolute Gasteiger partial charge is 0.149 e. The predicted molar refractivity (Wildman–Crippen MR) is 102 cm³/mol. The molecule has 24 heavy (non-hydrogen) atoms. The highest BCUT2D eigenvalue weighted by Gasteiger charge is 2.27. The molecule has 1 aromatic heterocycles. The van der Waals surface area contributed by atoms with Gasteiger partial charge in [-0.3, -0.25) is 4.90 Å². The molecule has 0 spiro atoms. The summed E-state index contributed by atoms with van der Waals surface area (Å²) in [4.78, 5) is 8.99. The molecule has 4 nitrogen and oxygen atoms in total. The van der Waals surface area contributed by atoms with Crippen LogP contribution in [0, 0.1) is 5.92 Å². The third-order valence-corrected chi connectivity index (χ3v) is 6.35. The zero-order valence-corrected chi connectivity index (χ0v) is 15.9. The van der Waals surface area contributed by atoms with Crippen LogP contribution in [0.2, 0.25) is 10.2 Å². The summed E-state index contributed by atoms with van der Waals surface area (Å²) in [5.74, 6) is 0.867. The molecule has 1 saturated heterocycles. The number of aromatic nitrogens is 1. The van der Waals surface area contributed by atoms with Crippen molar-refractivity contribution in [2.45, 2.75) is 51.1 Å². The molecule has 0 bridgehead atoms. The van der Waals surface area contributed by atoms with E-state index in [4.69, 9.17) is 28.9 Å². The fraction of sp³-hybridized carbons (Fsp3) is 0.722. The molecule has 0 aromatic carbocycles. The summed E-state index contributed by atoms with van der Waals surface area (Å²) in [6.07, 6.45) is 8.06. The van der Waals surface area contributed by atoms with Gasteiger partial charge in [0, 0.05) is 37.9 Å². The lowest BCUT2D eigenvalue weighted by molar-refractivity contribution is 0.198. The number of piperazine rings is 1. The van der Waals surface area contributed by atoms with Gasteiger partial charge in [0.25, 0.3) is 0 Å². The fourth-order valence-electron chi connectivity index (χ4n) is 4.07. The monoisotopic (exact) mass is 370 g/mol. The topological polar surface area (TPSA) is 45.4 Å². The summed E-state index contributed by atoms with van der Waals surface area (Å²) in [6.45, 7) is 6.59. The number of hydrogen-bond acceptors (Lipinski definition) is 4. The second kappa shape index (κ2) is 8.22. The third-order valence-electron chi connectivity index (χ3n) is 5.59. The molecule has 0 radical (unpaired) electrons. The van der Waals surface area contributed by atoms with E-state index in [1.165, 1.54) is 38.6 Å². The molecule has 2 heterocycles. The minimum Gasteiger partial charge on any atom is -0.365 e. The molecule has 1 saturated carbocycles. The van der Waals surface area contributed by atoms with E-state index in [0.29, 0.717) is 22.3 Å². The summed E-state index contributed by atoms with van der Waals surface area (Å²) in [5, 5.41) is 0.956. The van der Waals surface area contributed by atoms with Crippen molar-refractivity contribution in [3.63, 3.8) is 0 Å². The Kier molecular flexibility index (Phi) is 6.25. The molecule has 134 valence electrons. The highest BCUT2D eigenvalue weighted by Crippen LogP contribution is 2.33. The molecular weight excluding hydrogens is 343 g/mol. The SMILES string of the molecule is C[C@@H]1CN(CCC2CCC(N)CC2)CCN1c1ccnc(Cl)c1Cl. The normalized spacial score (nSPS) is 29.0. The van der Waals surface area contributed by atoms with E-state index in [9.17, 15) is 0 Å². The predicted octanol–water partition coefficient (Wildman–Crippen LogP) is 3.81. The van der Waals surface area contributed by atoms with Gasteiger partial charge in [0.2, 0.25) is 0 Å². The van der Waals surface area contributed by atoms with E-state index < -0.39 is 0 Å². The summed E-state index contributed by atoms with van der Waals surface area (Å²) in [5.41, 5.74) is 7.01. The van der Waals surface area contributed by atoms with E-state index in [1.807, 2.05) is 6.07 Å². The first-order valence-corrected chi connectivity index (χ1v) is 9.84. The molecule has 1 aliphatic carbocycles. The molecule has 6 heteroatoms. The maximum Gasteiger partial charge on any atom is 0.149 e. The molecule has 1 aliphatic heterocycles. The van der Waals surface area contributed by atoms with E-state index in [1.54, 1.807) is 6.20 Å². The Labute approximate surface area is 155 Å². The number of nitrogens with two attached hydrogens (primary N) is 1. The van der Waals surface area contributed by atoms with Gasteiger partial charge in [-0.25, -0.2) is 4.98 Å². The van der Waals surface area contributed by atoms with Crippen LogP contribution in [0.3, 0.4) is 0 Å². The number of hydrogen-bond donors (Lipinski definition) is 1. The van der Waals surface area contributed by atoms with Gasteiger partial charge in [0.1, 0.15) is 10.2 Å². The van der Waals surface area contributed by atoms with Crippen molar-refractivity contribution in [3.05, 3.63) is 22.4 Å². The second-order valence-electron chi connectivity index (χ2n) is 7.35. The Morgan fingerprint density at radius 3 is 2.67 bits per heavy atom. The zero-order chi connectivity index (χ0) is 17.1. The van der Waals surface area contributed by atoms with Crippen LogP contribution in [0.25, 0.3) is 0 Å². The first-order chi connectivity index (χ1) is 11.5. The molecule has 2 fully saturated rings. The van der Waals surface area contributed by atoms with E-state index in [0.717, 1.165) is 31.2 Å². The first-order valence-electron chi connectivity index (χ1n) is 9.09. The van der Waals surface area contributed by atoms with Crippen LogP contribution in [0.5, 0.6) is 0 Å². The standard InChI is InChI=1S/C18H28Cl2N4/c1-13-12-23(9-7-14-2-4-15(21)5-3-14)10-11-24(13)16-6-8-22-18(20)17(16)19/h6,8,13-15H,2-5,7,9-12,21H2,1H3/t13-,14?,15?/m1/s1. The number of halogens is 2.